The summed E-state index contributed by atoms with van der Waals surface area (Å²) in [6, 6.07) is 6.18. The molecule has 0 N–H and O–H groups in total. The van der Waals surface area contributed by atoms with Crippen LogP contribution in [0.4, 0.5) is 0 Å². The number of aromatic nitrogens is 2. The van der Waals surface area contributed by atoms with Gasteiger partial charge in [-0.1, -0.05) is 6.07 Å². The summed E-state index contributed by atoms with van der Waals surface area (Å²) in [5.41, 5.74) is 0.703. The van der Waals surface area contributed by atoms with E-state index in [1.807, 2.05) is 0 Å². The van der Waals surface area contributed by atoms with Crippen LogP contribution in [0.5, 0.6) is 11.6 Å². The Bertz CT molecular complexity index is 717. The number of halogens is 1. The minimum Gasteiger partial charge on any atom is -0.439 e. The molecule has 19 heavy (non-hydrogen) atoms. The largest absolute Gasteiger partial charge is 0.439 e. The summed E-state index contributed by atoms with van der Waals surface area (Å²) in [6.07, 6.45) is 2.67. The molecule has 5 nitrogen and oxygen atoms in total. The normalized spacial score (nSPS) is 11.3. The first kappa shape index (κ1) is 13.8. The first-order chi connectivity index (χ1) is 8.86. The Balaban J connectivity index is 2.36. The molecule has 1 aromatic heterocycles. The number of nitrogens with zero attached hydrogens (tertiary/aromatic N) is 2. The molecule has 1 aromatic carbocycles. The Morgan fingerprint density at radius 2 is 2.05 bits per heavy atom. The van der Waals surface area contributed by atoms with Crippen LogP contribution in [0.2, 0.25) is 5.28 Å². The van der Waals surface area contributed by atoms with E-state index in [-0.39, 0.29) is 10.2 Å². The first-order valence-electron chi connectivity index (χ1n) is 5.33. The van der Waals surface area contributed by atoms with E-state index in [1.54, 1.807) is 19.1 Å². The summed E-state index contributed by atoms with van der Waals surface area (Å²) in [5.74, 6) is 0.673. The highest BCUT2D eigenvalue weighted by molar-refractivity contribution is 7.90. The second kappa shape index (κ2) is 5.14. The fourth-order valence-corrected chi connectivity index (χ4v) is 2.17. The smallest absolute Gasteiger partial charge is 0.226 e. The molecule has 0 radical (unpaired) electrons. The number of sulfone groups is 1. The van der Waals surface area contributed by atoms with Gasteiger partial charge in [-0.3, -0.25) is 0 Å². The highest BCUT2D eigenvalue weighted by atomic mass is 35.5. The molecule has 7 heteroatoms. The van der Waals surface area contributed by atoms with Crippen molar-refractivity contribution < 1.29 is 13.2 Å². The molecule has 0 bridgehead atoms. The molecule has 0 fully saturated rings. The fourth-order valence-electron chi connectivity index (χ4n) is 1.39. The third-order valence-corrected chi connectivity index (χ3v) is 3.64. The molecule has 100 valence electrons. The Kier molecular flexibility index (Phi) is 3.73. The molecule has 1 heterocycles. The quantitative estimate of drug-likeness (QED) is 0.815. The van der Waals surface area contributed by atoms with Gasteiger partial charge in [0, 0.05) is 18.0 Å². The maximum absolute atomic E-state index is 11.5. The summed E-state index contributed by atoms with van der Waals surface area (Å²) in [7, 11) is -3.27. The van der Waals surface area contributed by atoms with Gasteiger partial charge in [0.2, 0.25) is 11.2 Å². The fraction of sp³-hybridized carbons (Fsp3) is 0.167. The molecule has 0 saturated heterocycles. The average Bonchev–Trinajstić information content (AvgIpc) is 2.33. The van der Waals surface area contributed by atoms with Gasteiger partial charge in [-0.05, 0) is 36.7 Å². The Labute approximate surface area is 116 Å². The van der Waals surface area contributed by atoms with Crippen LogP contribution in [0.15, 0.2) is 35.4 Å². The van der Waals surface area contributed by atoms with Crippen LogP contribution in [0.1, 0.15) is 5.56 Å². The lowest BCUT2D eigenvalue weighted by atomic mass is 10.3. The van der Waals surface area contributed by atoms with Gasteiger partial charge in [0.05, 0.1) is 4.90 Å². The molecule has 0 aliphatic carbocycles. The van der Waals surface area contributed by atoms with Crippen LogP contribution in [0.25, 0.3) is 0 Å². The van der Waals surface area contributed by atoms with Gasteiger partial charge >= 0.3 is 0 Å². The van der Waals surface area contributed by atoms with Gasteiger partial charge in [0.15, 0.2) is 9.84 Å². The summed E-state index contributed by atoms with van der Waals surface area (Å²) in [6.45, 7) is 1.77. The first-order valence-corrected chi connectivity index (χ1v) is 7.60. The van der Waals surface area contributed by atoms with Gasteiger partial charge in [0.25, 0.3) is 0 Å². The lowest BCUT2D eigenvalue weighted by Crippen LogP contribution is -1.98. The third kappa shape index (κ3) is 3.42. The number of hydrogen-bond donors (Lipinski definition) is 0. The SMILES string of the molecule is Cc1cnc(Cl)nc1Oc1cccc(S(C)(=O)=O)c1. The Morgan fingerprint density at radius 1 is 1.32 bits per heavy atom. The predicted molar refractivity (Wildman–Crippen MR) is 71.4 cm³/mol. The van der Waals surface area contributed by atoms with E-state index in [1.165, 1.54) is 18.3 Å². The molecule has 0 aliphatic heterocycles. The zero-order valence-electron chi connectivity index (χ0n) is 10.3. The Hall–Kier alpha value is -1.66. The zero-order valence-corrected chi connectivity index (χ0v) is 11.9. The van der Waals surface area contributed by atoms with Crippen LogP contribution >= 0.6 is 11.6 Å². The van der Waals surface area contributed by atoms with Gasteiger partial charge < -0.3 is 4.74 Å². The summed E-state index contributed by atoms with van der Waals surface area (Å²) >= 11 is 5.69. The lowest BCUT2D eigenvalue weighted by Gasteiger charge is -2.08. The second-order valence-corrected chi connectivity index (χ2v) is 6.33. The minimum atomic E-state index is -3.27. The lowest BCUT2D eigenvalue weighted by molar-refractivity contribution is 0.456. The predicted octanol–water partition coefficient (Wildman–Crippen LogP) is 2.63. The van der Waals surface area contributed by atoms with Crippen LogP contribution in [-0.2, 0) is 9.84 Å². The monoisotopic (exact) mass is 298 g/mol. The molecule has 0 spiro atoms. The van der Waals surface area contributed by atoms with Crippen molar-refractivity contribution >= 4 is 21.4 Å². The Morgan fingerprint density at radius 3 is 2.74 bits per heavy atom. The molecule has 0 atom stereocenters. The van der Waals surface area contributed by atoms with E-state index in [9.17, 15) is 8.42 Å². The van der Waals surface area contributed by atoms with Gasteiger partial charge in [-0.15, -0.1) is 0 Å². The van der Waals surface area contributed by atoms with Crippen molar-refractivity contribution in [3.8, 4) is 11.6 Å². The van der Waals surface area contributed by atoms with Crippen molar-refractivity contribution in [2.45, 2.75) is 11.8 Å². The number of benzene rings is 1. The minimum absolute atomic E-state index is 0.0693. The molecule has 0 aliphatic rings. The van der Waals surface area contributed by atoms with E-state index in [4.69, 9.17) is 16.3 Å². The highest BCUT2D eigenvalue weighted by Gasteiger charge is 2.10. The summed E-state index contributed by atoms with van der Waals surface area (Å²) < 4.78 is 28.4. The summed E-state index contributed by atoms with van der Waals surface area (Å²) in [4.78, 5) is 7.94. The molecule has 2 aromatic rings. The van der Waals surface area contributed by atoms with Crippen LogP contribution in [0.3, 0.4) is 0 Å². The van der Waals surface area contributed by atoms with Crippen molar-refractivity contribution in [3.63, 3.8) is 0 Å². The van der Waals surface area contributed by atoms with Crippen LogP contribution < -0.4 is 4.74 Å². The maximum Gasteiger partial charge on any atom is 0.226 e. The van der Waals surface area contributed by atoms with E-state index in [0.29, 0.717) is 17.2 Å². The van der Waals surface area contributed by atoms with Gasteiger partial charge in [0.1, 0.15) is 5.75 Å². The molecule has 0 unspecified atom stereocenters. The highest BCUT2D eigenvalue weighted by Crippen LogP contribution is 2.25. The van der Waals surface area contributed by atoms with Crippen molar-refractivity contribution in [3.05, 3.63) is 41.3 Å². The summed E-state index contributed by atoms with van der Waals surface area (Å²) in [5, 5.41) is 0.0693. The van der Waals surface area contributed by atoms with Crippen LogP contribution in [-0.4, -0.2) is 24.6 Å². The molecule has 0 amide bonds. The van der Waals surface area contributed by atoms with Crippen molar-refractivity contribution in [2.75, 3.05) is 6.26 Å². The van der Waals surface area contributed by atoms with E-state index < -0.39 is 9.84 Å². The topological polar surface area (TPSA) is 69.2 Å². The maximum atomic E-state index is 11.5. The number of rotatable bonds is 3. The molecule has 0 saturated carbocycles. The van der Waals surface area contributed by atoms with Crippen LogP contribution in [0, 0.1) is 6.92 Å². The molecular formula is C12H11ClN2O3S. The van der Waals surface area contributed by atoms with E-state index >= 15 is 0 Å². The van der Waals surface area contributed by atoms with E-state index in [2.05, 4.69) is 9.97 Å². The number of aryl methyl sites for hydroxylation is 1. The standard InChI is InChI=1S/C12H11ClN2O3S/c1-8-7-14-12(13)15-11(8)18-9-4-3-5-10(6-9)19(2,16)17/h3-7H,1-2H3. The third-order valence-electron chi connectivity index (χ3n) is 2.34. The van der Waals surface area contributed by atoms with Gasteiger partial charge in [-0.2, -0.15) is 4.98 Å². The van der Waals surface area contributed by atoms with Crippen molar-refractivity contribution in [1.29, 1.82) is 0 Å². The van der Waals surface area contributed by atoms with Gasteiger partial charge in [-0.25, -0.2) is 13.4 Å². The zero-order chi connectivity index (χ0) is 14.0. The number of hydrogen-bond acceptors (Lipinski definition) is 5. The number of ether oxygens (including phenoxy) is 1. The van der Waals surface area contributed by atoms with E-state index in [0.717, 1.165) is 6.26 Å². The molecular weight excluding hydrogens is 288 g/mol. The van der Waals surface area contributed by atoms with Crippen molar-refractivity contribution in [1.82, 2.24) is 9.97 Å². The van der Waals surface area contributed by atoms with Crippen molar-refractivity contribution in [2.24, 2.45) is 0 Å². The second-order valence-electron chi connectivity index (χ2n) is 3.98. The molecule has 2 rings (SSSR count). The average molecular weight is 299 g/mol.